The van der Waals surface area contributed by atoms with Crippen LogP contribution in [-0.4, -0.2) is 45.2 Å². The Labute approximate surface area is 104 Å². The molecule has 3 heteroatoms. The van der Waals surface area contributed by atoms with Crippen molar-refractivity contribution in [3.63, 3.8) is 0 Å². The van der Waals surface area contributed by atoms with Crippen LogP contribution in [0.15, 0.2) is 24.3 Å². The molecule has 1 aliphatic heterocycles. The fourth-order valence-corrected chi connectivity index (χ4v) is 2.36. The van der Waals surface area contributed by atoms with Crippen LogP contribution < -0.4 is 10.2 Å². The number of likely N-dealkylation sites (tertiary alicyclic amines) is 1. The SMILES string of the molecule is CN1CCC(Nc2ccccc2N(C)C)CC1. The average Bonchev–Trinajstić information content (AvgIpc) is 2.32. The maximum absolute atomic E-state index is 3.68. The van der Waals surface area contributed by atoms with Crippen molar-refractivity contribution in [3.05, 3.63) is 24.3 Å². The van der Waals surface area contributed by atoms with Gasteiger partial charge in [0.1, 0.15) is 0 Å². The van der Waals surface area contributed by atoms with Gasteiger partial charge in [0, 0.05) is 20.1 Å². The molecular weight excluding hydrogens is 210 g/mol. The number of benzene rings is 1. The van der Waals surface area contributed by atoms with E-state index in [1.54, 1.807) is 0 Å². The van der Waals surface area contributed by atoms with Gasteiger partial charge in [-0.25, -0.2) is 0 Å². The third-order valence-corrected chi connectivity index (χ3v) is 3.46. The van der Waals surface area contributed by atoms with Crippen LogP contribution in [0.1, 0.15) is 12.8 Å². The lowest BCUT2D eigenvalue weighted by molar-refractivity contribution is 0.264. The summed E-state index contributed by atoms with van der Waals surface area (Å²) in [5.41, 5.74) is 2.53. The maximum atomic E-state index is 3.68. The van der Waals surface area contributed by atoms with Crippen LogP contribution >= 0.6 is 0 Å². The van der Waals surface area contributed by atoms with Gasteiger partial charge >= 0.3 is 0 Å². The largest absolute Gasteiger partial charge is 0.381 e. The maximum Gasteiger partial charge on any atom is 0.0596 e. The fourth-order valence-electron chi connectivity index (χ4n) is 2.36. The zero-order chi connectivity index (χ0) is 12.3. The third kappa shape index (κ3) is 3.13. The summed E-state index contributed by atoms with van der Waals surface area (Å²) in [5, 5.41) is 3.68. The number of nitrogens with one attached hydrogen (secondary N) is 1. The molecule has 17 heavy (non-hydrogen) atoms. The second-order valence-corrected chi connectivity index (χ2v) is 5.13. The van der Waals surface area contributed by atoms with Crippen LogP contribution in [0.4, 0.5) is 11.4 Å². The molecule has 0 amide bonds. The van der Waals surface area contributed by atoms with Gasteiger partial charge in [0.2, 0.25) is 0 Å². The van der Waals surface area contributed by atoms with E-state index in [1.807, 2.05) is 0 Å². The summed E-state index contributed by atoms with van der Waals surface area (Å²) in [6, 6.07) is 9.15. The molecule has 1 fully saturated rings. The Morgan fingerprint density at radius 3 is 2.47 bits per heavy atom. The van der Waals surface area contributed by atoms with E-state index in [-0.39, 0.29) is 0 Å². The monoisotopic (exact) mass is 233 g/mol. The normalized spacial score (nSPS) is 18.1. The van der Waals surface area contributed by atoms with Crippen molar-refractivity contribution in [3.8, 4) is 0 Å². The molecule has 1 aromatic rings. The summed E-state index contributed by atoms with van der Waals surface area (Å²) in [5.74, 6) is 0. The summed E-state index contributed by atoms with van der Waals surface area (Å²) >= 11 is 0. The lowest BCUT2D eigenvalue weighted by Gasteiger charge is -2.31. The first-order valence-corrected chi connectivity index (χ1v) is 6.38. The van der Waals surface area contributed by atoms with E-state index in [1.165, 1.54) is 37.3 Å². The van der Waals surface area contributed by atoms with Crippen molar-refractivity contribution >= 4 is 11.4 Å². The minimum absolute atomic E-state index is 0.618. The first kappa shape index (κ1) is 12.2. The molecule has 0 radical (unpaired) electrons. The first-order valence-electron chi connectivity index (χ1n) is 6.38. The van der Waals surface area contributed by atoms with Crippen LogP contribution in [0, 0.1) is 0 Å². The third-order valence-electron chi connectivity index (χ3n) is 3.46. The van der Waals surface area contributed by atoms with E-state index >= 15 is 0 Å². The highest BCUT2D eigenvalue weighted by Crippen LogP contribution is 2.25. The second kappa shape index (κ2) is 5.41. The lowest BCUT2D eigenvalue weighted by Crippen LogP contribution is -2.36. The van der Waals surface area contributed by atoms with Gasteiger partial charge in [-0.15, -0.1) is 0 Å². The van der Waals surface area contributed by atoms with Crippen LogP contribution in [0.2, 0.25) is 0 Å². The fraction of sp³-hybridized carbons (Fsp3) is 0.571. The quantitative estimate of drug-likeness (QED) is 0.864. The number of anilines is 2. The van der Waals surface area contributed by atoms with Crippen molar-refractivity contribution in [1.82, 2.24) is 4.90 Å². The molecule has 1 N–H and O–H groups in total. The summed E-state index contributed by atoms with van der Waals surface area (Å²) in [6.07, 6.45) is 2.47. The number of para-hydroxylation sites is 2. The molecule has 0 saturated carbocycles. The summed E-state index contributed by atoms with van der Waals surface area (Å²) in [7, 11) is 6.38. The molecule has 2 rings (SSSR count). The van der Waals surface area contributed by atoms with E-state index in [9.17, 15) is 0 Å². The van der Waals surface area contributed by atoms with Crippen molar-refractivity contribution in [2.75, 3.05) is 44.4 Å². The molecule has 1 saturated heterocycles. The zero-order valence-electron chi connectivity index (χ0n) is 11.1. The van der Waals surface area contributed by atoms with E-state index < -0.39 is 0 Å². The summed E-state index contributed by atoms with van der Waals surface area (Å²) in [4.78, 5) is 4.56. The molecule has 0 aliphatic carbocycles. The molecule has 0 bridgehead atoms. The van der Waals surface area contributed by atoms with Gasteiger partial charge in [0.15, 0.2) is 0 Å². The Balaban J connectivity index is 2.03. The highest BCUT2D eigenvalue weighted by atomic mass is 15.1. The van der Waals surface area contributed by atoms with Crippen molar-refractivity contribution in [2.45, 2.75) is 18.9 Å². The van der Waals surface area contributed by atoms with E-state index in [4.69, 9.17) is 0 Å². The van der Waals surface area contributed by atoms with Gasteiger partial charge in [-0.05, 0) is 45.1 Å². The molecule has 0 spiro atoms. The van der Waals surface area contributed by atoms with Gasteiger partial charge in [-0.3, -0.25) is 0 Å². The predicted molar refractivity (Wildman–Crippen MR) is 74.9 cm³/mol. The number of nitrogens with zero attached hydrogens (tertiary/aromatic N) is 2. The molecule has 0 aromatic heterocycles. The highest BCUT2D eigenvalue weighted by Gasteiger charge is 2.17. The van der Waals surface area contributed by atoms with Crippen LogP contribution in [0.3, 0.4) is 0 Å². The zero-order valence-corrected chi connectivity index (χ0v) is 11.1. The van der Waals surface area contributed by atoms with E-state index in [0.717, 1.165) is 0 Å². The van der Waals surface area contributed by atoms with Crippen molar-refractivity contribution in [2.24, 2.45) is 0 Å². The van der Waals surface area contributed by atoms with E-state index in [2.05, 4.69) is 60.5 Å². The molecule has 0 atom stereocenters. The highest BCUT2D eigenvalue weighted by molar-refractivity contribution is 5.69. The number of rotatable bonds is 3. The van der Waals surface area contributed by atoms with Crippen LogP contribution in [0.25, 0.3) is 0 Å². The molecule has 0 unspecified atom stereocenters. The molecule has 94 valence electrons. The predicted octanol–water partition coefficient (Wildman–Crippen LogP) is 2.26. The molecule has 1 heterocycles. The molecule has 1 aromatic carbocycles. The Morgan fingerprint density at radius 2 is 1.82 bits per heavy atom. The standard InChI is InChI=1S/C14H23N3/c1-16(2)14-7-5-4-6-13(14)15-12-8-10-17(3)11-9-12/h4-7,12,15H,8-11H2,1-3H3. The van der Waals surface area contributed by atoms with Gasteiger partial charge in [0.05, 0.1) is 11.4 Å². The topological polar surface area (TPSA) is 18.5 Å². The van der Waals surface area contributed by atoms with Crippen molar-refractivity contribution in [1.29, 1.82) is 0 Å². The van der Waals surface area contributed by atoms with Crippen molar-refractivity contribution < 1.29 is 0 Å². The van der Waals surface area contributed by atoms with Crippen LogP contribution in [0.5, 0.6) is 0 Å². The van der Waals surface area contributed by atoms with E-state index in [0.29, 0.717) is 6.04 Å². The number of hydrogen-bond donors (Lipinski definition) is 1. The van der Waals surface area contributed by atoms with Gasteiger partial charge in [-0.1, -0.05) is 12.1 Å². The Kier molecular flexibility index (Phi) is 3.89. The number of hydrogen-bond acceptors (Lipinski definition) is 3. The van der Waals surface area contributed by atoms with Crippen LogP contribution in [-0.2, 0) is 0 Å². The van der Waals surface area contributed by atoms with Gasteiger partial charge in [0.25, 0.3) is 0 Å². The second-order valence-electron chi connectivity index (χ2n) is 5.13. The molecule has 1 aliphatic rings. The lowest BCUT2D eigenvalue weighted by atomic mass is 10.0. The minimum atomic E-state index is 0.618. The summed E-state index contributed by atoms with van der Waals surface area (Å²) < 4.78 is 0. The van der Waals surface area contributed by atoms with Gasteiger partial charge < -0.3 is 15.1 Å². The molecule has 3 nitrogen and oxygen atoms in total. The Morgan fingerprint density at radius 1 is 1.18 bits per heavy atom. The average molecular weight is 233 g/mol. The molecular formula is C14H23N3. The number of piperidine rings is 1. The Bertz CT molecular complexity index is 354. The summed E-state index contributed by atoms with van der Waals surface area (Å²) in [6.45, 7) is 2.39. The smallest absolute Gasteiger partial charge is 0.0596 e. The van der Waals surface area contributed by atoms with Gasteiger partial charge in [-0.2, -0.15) is 0 Å². The first-order chi connectivity index (χ1) is 8.16. The minimum Gasteiger partial charge on any atom is -0.381 e. The Hall–Kier alpha value is -1.22.